The summed E-state index contributed by atoms with van der Waals surface area (Å²) in [4.78, 5) is 25.0. The smallest absolute Gasteiger partial charge is 0.326 e. The fourth-order valence-corrected chi connectivity index (χ4v) is 2.67. The summed E-state index contributed by atoms with van der Waals surface area (Å²) in [5.41, 5.74) is 1.40. The van der Waals surface area contributed by atoms with Crippen LogP contribution >= 0.6 is 11.6 Å². The predicted octanol–water partition coefficient (Wildman–Crippen LogP) is 1.62. The normalized spacial score (nSPS) is 19.1. The summed E-state index contributed by atoms with van der Waals surface area (Å²) in [6.45, 7) is 4.09. The van der Waals surface area contributed by atoms with E-state index in [0.717, 1.165) is 18.5 Å². The monoisotopic (exact) mass is 299 g/mol. The lowest BCUT2D eigenvalue weighted by Crippen LogP contribution is -2.49. The number of nitrogens with zero attached hydrogens (tertiary/aromatic N) is 3. The molecule has 1 fully saturated rings. The van der Waals surface area contributed by atoms with Gasteiger partial charge in [-0.15, -0.1) is 0 Å². The van der Waals surface area contributed by atoms with E-state index in [1.165, 1.54) is 9.58 Å². The molecule has 1 aromatic heterocycles. The van der Waals surface area contributed by atoms with Crippen molar-refractivity contribution in [2.24, 2.45) is 0 Å². The number of amides is 1. The zero-order chi connectivity index (χ0) is 14.9. The molecule has 1 N–H and O–H groups in total. The average Bonchev–Trinajstić information content (AvgIpc) is 2.66. The molecule has 7 heteroatoms. The van der Waals surface area contributed by atoms with Crippen LogP contribution in [0.4, 0.5) is 0 Å². The number of aryl methyl sites for hydroxylation is 1. The zero-order valence-corrected chi connectivity index (χ0v) is 12.4. The van der Waals surface area contributed by atoms with Gasteiger partial charge in [0.1, 0.15) is 12.6 Å². The molecule has 1 aliphatic heterocycles. The topological polar surface area (TPSA) is 75.4 Å². The Balaban J connectivity index is 2.14. The van der Waals surface area contributed by atoms with Crippen LogP contribution in [0.15, 0.2) is 0 Å². The number of rotatable bonds is 3. The molecule has 110 valence electrons. The summed E-state index contributed by atoms with van der Waals surface area (Å²) < 4.78 is 1.54. The third kappa shape index (κ3) is 2.80. The highest BCUT2D eigenvalue weighted by molar-refractivity contribution is 6.31. The summed E-state index contributed by atoms with van der Waals surface area (Å²) in [7, 11) is 0. The third-order valence-electron chi connectivity index (χ3n) is 3.69. The number of carboxylic acids is 1. The minimum atomic E-state index is -0.940. The first-order chi connectivity index (χ1) is 9.41. The molecule has 1 aliphatic rings. The van der Waals surface area contributed by atoms with Gasteiger partial charge in [-0.1, -0.05) is 11.6 Å². The SMILES string of the molecule is Cc1nn(CC(=O)N2CCCC[C@@H]2C(=O)O)c(C)c1Cl. The lowest BCUT2D eigenvalue weighted by molar-refractivity contribution is -0.152. The Labute approximate surface area is 122 Å². The van der Waals surface area contributed by atoms with Gasteiger partial charge in [0.25, 0.3) is 0 Å². The number of piperidine rings is 1. The Morgan fingerprint density at radius 1 is 1.40 bits per heavy atom. The van der Waals surface area contributed by atoms with Crippen molar-refractivity contribution in [3.63, 3.8) is 0 Å². The number of hydrogen-bond donors (Lipinski definition) is 1. The highest BCUT2D eigenvalue weighted by Crippen LogP contribution is 2.21. The van der Waals surface area contributed by atoms with Crippen molar-refractivity contribution >= 4 is 23.5 Å². The Morgan fingerprint density at radius 3 is 2.65 bits per heavy atom. The number of carbonyl (C=O) groups is 2. The second-order valence-corrected chi connectivity index (χ2v) is 5.46. The quantitative estimate of drug-likeness (QED) is 0.920. The molecule has 0 aliphatic carbocycles. The van der Waals surface area contributed by atoms with E-state index >= 15 is 0 Å². The number of hydrogen-bond acceptors (Lipinski definition) is 3. The molecule has 6 nitrogen and oxygen atoms in total. The zero-order valence-electron chi connectivity index (χ0n) is 11.6. The van der Waals surface area contributed by atoms with Gasteiger partial charge in [0.2, 0.25) is 5.91 Å². The van der Waals surface area contributed by atoms with Crippen molar-refractivity contribution < 1.29 is 14.7 Å². The van der Waals surface area contributed by atoms with E-state index in [2.05, 4.69) is 5.10 Å². The highest BCUT2D eigenvalue weighted by atomic mass is 35.5. The van der Waals surface area contributed by atoms with Crippen molar-refractivity contribution in [1.29, 1.82) is 0 Å². The number of carboxylic acid groups (broad SMARTS) is 1. The lowest BCUT2D eigenvalue weighted by Gasteiger charge is -2.33. The van der Waals surface area contributed by atoms with Crippen molar-refractivity contribution in [2.75, 3.05) is 6.54 Å². The molecular formula is C13H18ClN3O3. The molecule has 20 heavy (non-hydrogen) atoms. The molecule has 1 amide bonds. The fraction of sp³-hybridized carbons (Fsp3) is 0.615. The summed E-state index contributed by atoms with van der Waals surface area (Å²) >= 11 is 6.04. The van der Waals surface area contributed by atoms with Gasteiger partial charge < -0.3 is 10.0 Å². The van der Waals surface area contributed by atoms with Crippen LogP contribution in [0.25, 0.3) is 0 Å². The Kier molecular flexibility index (Phi) is 4.32. The molecule has 0 radical (unpaired) electrons. The van der Waals surface area contributed by atoms with Gasteiger partial charge in [-0.3, -0.25) is 9.48 Å². The molecule has 0 bridgehead atoms. The fourth-order valence-electron chi connectivity index (χ4n) is 2.53. The van der Waals surface area contributed by atoms with Crippen molar-refractivity contribution in [2.45, 2.75) is 45.7 Å². The maximum atomic E-state index is 12.3. The van der Waals surface area contributed by atoms with Crippen molar-refractivity contribution in [1.82, 2.24) is 14.7 Å². The van der Waals surface area contributed by atoms with E-state index in [0.29, 0.717) is 23.7 Å². The molecule has 0 unspecified atom stereocenters. The van der Waals surface area contributed by atoms with Crippen LogP contribution in [0.1, 0.15) is 30.7 Å². The third-order valence-corrected chi connectivity index (χ3v) is 4.23. The van der Waals surface area contributed by atoms with E-state index in [4.69, 9.17) is 11.6 Å². The first kappa shape index (κ1) is 14.8. The van der Waals surface area contributed by atoms with Gasteiger partial charge in [0, 0.05) is 6.54 Å². The Morgan fingerprint density at radius 2 is 2.10 bits per heavy atom. The van der Waals surface area contributed by atoms with Crippen LogP contribution in [-0.2, 0) is 16.1 Å². The number of aliphatic carboxylic acids is 1. The maximum absolute atomic E-state index is 12.3. The van der Waals surface area contributed by atoms with E-state index in [-0.39, 0.29) is 12.5 Å². The molecule has 1 aromatic rings. The first-order valence-electron chi connectivity index (χ1n) is 6.63. The summed E-state index contributed by atoms with van der Waals surface area (Å²) in [5.74, 6) is -1.16. The number of likely N-dealkylation sites (tertiary alicyclic amines) is 1. The molecule has 2 heterocycles. The first-order valence-corrected chi connectivity index (χ1v) is 7.01. The van der Waals surface area contributed by atoms with E-state index in [1.807, 2.05) is 0 Å². The summed E-state index contributed by atoms with van der Waals surface area (Å²) in [5, 5.41) is 13.9. The Bertz CT molecular complexity index is 541. The highest BCUT2D eigenvalue weighted by Gasteiger charge is 2.32. The van der Waals surface area contributed by atoms with Crippen LogP contribution in [0.3, 0.4) is 0 Å². The molecule has 0 spiro atoms. The maximum Gasteiger partial charge on any atom is 0.326 e. The van der Waals surface area contributed by atoms with Gasteiger partial charge in [-0.05, 0) is 33.1 Å². The molecule has 1 saturated heterocycles. The number of halogens is 1. The summed E-state index contributed by atoms with van der Waals surface area (Å²) in [6, 6.07) is -0.719. The lowest BCUT2D eigenvalue weighted by atomic mass is 10.0. The second kappa shape index (κ2) is 5.83. The van der Waals surface area contributed by atoms with Crippen LogP contribution in [-0.4, -0.2) is 44.3 Å². The van der Waals surface area contributed by atoms with Crippen LogP contribution in [0, 0.1) is 13.8 Å². The second-order valence-electron chi connectivity index (χ2n) is 5.08. The standard InChI is InChI=1S/C13H18ClN3O3/c1-8-12(14)9(2)17(15-8)7-11(18)16-6-4-3-5-10(16)13(19)20/h10H,3-7H2,1-2H3,(H,19,20)/t10-/m1/s1. The molecule has 0 aromatic carbocycles. The van der Waals surface area contributed by atoms with E-state index < -0.39 is 12.0 Å². The minimum Gasteiger partial charge on any atom is -0.480 e. The largest absolute Gasteiger partial charge is 0.480 e. The van der Waals surface area contributed by atoms with Gasteiger partial charge >= 0.3 is 5.97 Å². The van der Waals surface area contributed by atoms with Gasteiger partial charge in [0.05, 0.1) is 16.4 Å². The van der Waals surface area contributed by atoms with Gasteiger partial charge in [-0.2, -0.15) is 5.10 Å². The van der Waals surface area contributed by atoms with Crippen molar-refractivity contribution in [3.05, 3.63) is 16.4 Å². The Hall–Kier alpha value is -1.56. The molecule has 0 saturated carbocycles. The van der Waals surface area contributed by atoms with Crippen LogP contribution < -0.4 is 0 Å². The van der Waals surface area contributed by atoms with E-state index in [9.17, 15) is 14.7 Å². The summed E-state index contributed by atoms with van der Waals surface area (Å²) in [6.07, 6.45) is 2.19. The number of carbonyl (C=O) groups excluding carboxylic acids is 1. The van der Waals surface area contributed by atoms with Crippen LogP contribution in [0.5, 0.6) is 0 Å². The molecular weight excluding hydrogens is 282 g/mol. The van der Waals surface area contributed by atoms with E-state index in [1.54, 1.807) is 13.8 Å². The van der Waals surface area contributed by atoms with Gasteiger partial charge in [0.15, 0.2) is 0 Å². The minimum absolute atomic E-state index is 0.0309. The number of aromatic nitrogens is 2. The van der Waals surface area contributed by atoms with Gasteiger partial charge in [-0.25, -0.2) is 4.79 Å². The molecule has 2 rings (SSSR count). The average molecular weight is 300 g/mol. The van der Waals surface area contributed by atoms with Crippen molar-refractivity contribution in [3.8, 4) is 0 Å². The van der Waals surface area contributed by atoms with Crippen LogP contribution in [0.2, 0.25) is 5.02 Å². The molecule has 1 atom stereocenters. The predicted molar refractivity (Wildman–Crippen MR) is 73.7 cm³/mol.